The van der Waals surface area contributed by atoms with Gasteiger partial charge in [-0.3, -0.25) is 14.2 Å². The lowest BCUT2D eigenvalue weighted by molar-refractivity contribution is -0.140. The molecule has 3 rings (SSSR count). The van der Waals surface area contributed by atoms with Gasteiger partial charge in [0.05, 0.1) is 18.1 Å². The molecular weight excluding hydrogens is 342 g/mol. The van der Waals surface area contributed by atoms with Crippen LogP contribution in [0.2, 0.25) is 0 Å². The summed E-state index contributed by atoms with van der Waals surface area (Å²) in [6.07, 6.45) is 4.70. The number of nitrogens with zero attached hydrogens (tertiary/aromatic N) is 2. The van der Waals surface area contributed by atoms with E-state index in [1.54, 1.807) is 6.33 Å². The molecular formula is C21H23N3O3. The lowest BCUT2D eigenvalue weighted by Crippen LogP contribution is -2.24. The predicted octanol–water partition coefficient (Wildman–Crippen LogP) is 3.49. The zero-order chi connectivity index (χ0) is 19.1. The van der Waals surface area contributed by atoms with Gasteiger partial charge in [0.2, 0.25) is 0 Å². The third-order valence-electron chi connectivity index (χ3n) is 4.43. The number of fused-ring (bicyclic) bond motifs is 1. The number of rotatable bonds is 8. The summed E-state index contributed by atoms with van der Waals surface area (Å²) >= 11 is 0. The molecule has 0 bridgehead atoms. The SMILES string of the molecule is COC(=O)CCCCCNC(=O)c1ccc(-n2cnc3ccccc32)cc1. The zero-order valence-corrected chi connectivity index (χ0v) is 15.4. The minimum atomic E-state index is -0.190. The van der Waals surface area contributed by atoms with E-state index in [-0.39, 0.29) is 11.9 Å². The number of benzene rings is 2. The highest BCUT2D eigenvalue weighted by Crippen LogP contribution is 2.18. The summed E-state index contributed by atoms with van der Waals surface area (Å²) in [7, 11) is 1.39. The minimum Gasteiger partial charge on any atom is -0.469 e. The summed E-state index contributed by atoms with van der Waals surface area (Å²) in [5.41, 5.74) is 3.55. The van der Waals surface area contributed by atoms with E-state index in [2.05, 4.69) is 15.0 Å². The van der Waals surface area contributed by atoms with Crippen LogP contribution in [0.15, 0.2) is 54.9 Å². The van der Waals surface area contributed by atoms with Gasteiger partial charge < -0.3 is 10.1 Å². The Morgan fingerprint density at radius 1 is 1.04 bits per heavy atom. The molecule has 140 valence electrons. The smallest absolute Gasteiger partial charge is 0.305 e. The number of carbonyl (C=O) groups excluding carboxylic acids is 2. The van der Waals surface area contributed by atoms with Gasteiger partial charge >= 0.3 is 5.97 Å². The van der Waals surface area contributed by atoms with Gasteiger partial charge in [-0.2, -0.15) is 0 Å². The predicted molar refractivity (Wildman–Crippen MR) is 104 cm³/mol. The number of methoxy groups -OCH3 is 1. The molecule has 0 aliphatic carbocycles. The third-order valence-corrected chi connectivity index (χ3v) is 4.43. The minimum absolute atomic E-state index is 0.0926. The van der Waals surface area contributed by atoms with E-state index >= 15 is 0 Å². The Labute approximate surface area is 158 Å². The number of carbonyl (C=O) groups is 2. The number of ether oxygens (including phenoxy) is 1. The first-order valence-electron chi connectivity index (χ1n) is 9.06. The fraction of sp³-hybridized carbons (Fsp3) is 0.286. The molecule has 0 radical (unpaired) electrons. The van der Waals surface area contributed by atoms with Crippen LogP contribution in [-0.2, 0) is 9.53 Å². The topological polar surface area (TPSA) is 73.2 Å². The number of imidazole rings is 1. The van der Waals surface area contributed by atoms with Crippen LogP contribution < -0.4 is 5.32 Å². The molecule has 1 aromatic heterocycles. The molecule has 0 unspecified atom stereocenters. The first-order chi connectivity index (χ1) is 13.2. The first kappa shape index (κ1) is 18.6. The van der Waals surface area contributed by atoms with Crippen LogP contribution in [0, 0.1) is 0 Å². The van der Waals surface area contributed by atoms with Crippen molar-refractivity contribution < 1.29 is 14.3 Å². The number of unbranched alkanes of at least 4 members (excludes halogenated alkanes) is 2. The van der Waals surface area contributed by atoms with E-state index in [9.17, 15) is 9.59 Å². The Hall–Kier alpha value is -3.15. The van der Waals surface area contributed by atoms with Gasteiger partial charge in [-0.05, 0) is 49.2 Å². The summed E-state index contributed by atoms with van der Waals surface area (Å²) in [5, 5.41) is 2.91. The molecule has 1 amide bonds. The van der Waals surface area contributed by atoms with Gasteiger partial charge in [0.15, 0.2) is 0 Å². The average molecular weight is 365 g/mol. The summed E-state index contributed by atoms with van der Waals surface area (Å²) in [6.45, 7) is 0.591. The summed E-state index contributed by atoms with van der Waals surface area (Å²) in [6, 6.07) is 15.4. The van der Waals surface area contributed by atoms with Crippen LogP contribution in [-0.4, -0.2) is 35.1 Å². The summed E-state index contributed by atoms with van der Waals surface area (Å²) < 4.78 is 6.60. The number of hydrogen-bond acceptors (Lipinski definition) is 4. The zero-order valence-electron chi connectivity index (χ0n) is 15.4. The largest absolute Gasteiger partial charge is 0.469 e. The number of para-hydroxylation sites is 2. The molecule has 6 heteroatoms. The van der Waals surface area contributed by atoms with Crippen molar-refractivity contribution in [2.75, 3.05) is 13.7 Å². The van der Waals surface area contributed by atoms with Crippen molar-refractivity contribution in [2.45, 2.75) is 25.7 Å². The number of nitrogens with one attached hydrogen (secondary N) is 1. The van der Waals surface area contributed by atoms with Gasteiger partial charge in [0, 0.05) is 24.2 Å². The number of esters is 1. The highest BCUT2D eigenvalue weighted by Gasteiger charge is 2.07. The van der Waals surface area contributed by atoms with Gasteiger partial charge in [0.1, 0.15) is 6.33 Å². The monoisotopic (exact) mass is 365 g/mol. The lowest BCUT2D eigenvalue weighted by atomic mass is 10.1. The van der Waals surface area contributed by atoms with Crippen LogP contribution in [0.5, 0.6) is 0 Å². The standard InChI is InChI=1S/C21H23N3O3/c1-27-20(25)9-3-2-6-14-22-21(26)16-10-12-17(13-11-16)24-15-23-18-7-4-5-8-19(18)24/h4-5,7-8,10-13,15H,2-3,6,9,14H2,1H3,(H,22,26). The van der Waals surface area contributed by atoms with Gasteiger partial charge in [0.25, 0.3) is 5.91 Å². The molecule has 0 saturated carbocycles. The molecule has 0 atom stereocenters. The second kappa shape index (κ2) is 8.98. The van der Waals surface area contributed by atoms with Crippen LogP contribution in [0.1, 0.15) is 36.0 Å². The van der Waals surface area contributed by atoms with E-state index in [1.807, 2.05) is 53.1 Å². The van der Waals surface area contributed by atoms with E-state index < -0.39 is 0 Å². The molecule has 1 N–H and O–H groups in total. The Morgan fingerprint density at radius 2 is 1.81 bits per heavy atom. The normalized spacial score (nSPS) is 10.7. The third kappa shape index (κ3) is 4.73. The van der Waals surface area contributed by atoms with E-state index in [1.165, 1.54) is 7.11 Å². The highest BCUT2D eigenvalue weighted by molar-refractivity contribution is 5.94. The number of hydrogen-bond donors (Lipinski definition) is 1. The van der Waals surface area contributed by atoms with Crippen molar-refractivity contribution in [3.8, 4) is 5.69 Å². The van der Waals surface area contributed by atoms with Crippen LogP contribution in [0.4, 0.5) is 0 Å². The van der Waals surface area contributed by atoms with E-state index in [0.717, 1.165) is 36.0 Å². The Balaban J connectivity index is 1.51. The molecule has 6 nitrogen and oxygen atoms in total. The first-order valence-corrected chi connectivity index (χ1v) is 9.06. The Kier molecular flexibility index (Phi) is 6.20. The second-order valence-corrected chi connectivity index (χ2v) is 6.29. The van der Waals surface area contributed by atoms with Gasteiger partial charge in [-0.15, -0.1) is 0 Å². The van der Waals surface area contributed by atoms with Crippen molar-refractivity contribution >= 4 is 22.9 Å². The molecule has 2 aromatic carbocycles. The van der Waals surface area contributed by atoms with Crippen molar-refractivity contribution in [3.63, 3.8) is 0 Å². The number of aromatic nitrogens is 2. The summed E-state index contributed by atoms with van der Waals surface area (Å²) in [5.74, 6) is -0.283. The van der Waals surface area contributed by atoms with Gasteiger partial charge in [-0.1, -0.05) is 18.6 Å². The maximum absolute atomic E-state index is 12.2. The molecule has 0 fully saturated rings. The molecule has 27 heavy (non-hydrogen) atoms. The molecule has 1 heterocycles. The van der Waals surface area contributed by atoms with Crippen LogP contribution in [0.25, 0.3) is 16.7 Å². The van der Waals surface area contributed by atoms with E-state index in [4.69, 9.17) is 0 Å². The molecule has 0 saturated heterocycles. The second-order valence-electron chi connectivity index (χ2n) is 6.29. The average Bonchev–Trinajstić information content (AvgIpc) is 3.14. The molecule has 0 spiro atoms. The lowest BCUT2D eigenvalue weighted by Gasteiger charge is -2.07. The Morgan fingerprint density at radius 3 is 2.59 bits per heavy atom. The van der Waals surface area contributed by atoms with Crippen molar-refractivity contribution in [3.05, 3.63) is 60.4 Å². The maximum Gasteiger partial charge on any atom is 0.305 e. The maximum atomic E-state index is 12.2. The fourth-order valence-corrected chi connectivity index (χ4v) is 2.92. The quantitative estimate of drug-likeness (QED) is 0.490. The molecule has 0 aliphatic rings. The van der Waals surface area contributed by atoms with Crippen molar-refractivity contribution in [1.29, 1.82) is 0 Å². The Bertz CT molecular complexity index is 916. The van der Waals surface area contributed by atoms with Crippen LogP contribution >= 0.6 is 0 Å². The molecule has 3 aromatic rings. The molecule has 0 aliphatic heterocycles. The van der Waals surface area contributed by atoms with Crippen LogP contribution in [0.3, 0.4) is 0 Å². The number of amides is 1. The fourth-order valence-electron chi connectivity index (χ4n) is 2.92. The summed E-state index contributed by atoms with van der Waals surface area (Å²) in [4.78, 5) is 27.7. The van der Waals surface area contributed by atoms with Crippen molar-refractivity contribution in [1.82, 2.24) is 14.9 Å². The van der Waals surface area contributed by atoms with Crippen molar-refractivity contribution in [2.24, 2.45) is 0 Å². The van der Waals surface area contributed by atoms with Gasteiger partial charge in [-0.25, -0.2) is 4.98 Å². The highest BCUT2D eigenvalue weighted by atomic mass is 16.5. The van der Waals surface area contributed by atoms with E-state index in [0.29, 0.717) is 18.5 Å².